The molecule has 1 unspecified atom stereocenters. The Kier molecular flexibility index (Phi) is 5.66. The summed E-state index contributed by atoms with van der Waals surface area (Å²) in [5.41, 5.74) is 4.17. The number of carboxylic acid groups (broad SMARTS) is 1. The molecule has 0 bridgehead atoms. The van der Waals surface area contributed by atoms with Gasteiger partial charge in [-0.05, 0) is 79.9 Å². The van der Waals surface area contributed by atoms with Crippen molar-refractivity contribution in [2.75, 3.05) is 17.2 Å². The van der Waals surface area contributed by atoms with Crippen molar-refractivity contribution in [3.63, 3.8) is 0 Å². The first-order valence-corrected chi connectivity index (χ1v) is 10.8. The molecule has 7 nitrogen and oxygen atoms in total. The molecule has 1 aromatic heterocycles. The van der Waals surface area contributed by atoms with Gasteiger partial charge in [-0.2, -0.15) is 5.10 Å². The number of halogens is 1. The molecule has 8 heteroatoms. The fraction of sp³-hybridized carbons (Fsp3) is 0.200. The fourth-order valence-electron chi connectivity index (χ4n) is 3.99. The third kappa shape index (κ3) is 4.51. The van der Waals surface area contributed by atoms with E-state index in [9.17, 15) is 9.18 Å². The smallest absolute Gasteiger partial charge is 0.335 e. The van der Waals surface area contributed by atoms with Crippen LogP contribution in [0.5, 0.6) is 0 Å². The van der Waals surface area contributed by atoms with E-state index in [0.29, 0.717) is 0 Å². The van der Waals surface area contributed by atoms with E-state index in [-0.39, 0.29) is 17.6 Å². The zero-order valence-electron chi connectivity index (χ0n) is 17.8. The highest BCUT2D eigenvalue weighted by molar-refractivity contribution is 5.93. The van der Waals surface area contributed by atoms with E-state index in [4.69, 9.17) is 9.84 Å². The molecule has 1 aliphatic rings. The molecule has 1 saturated heterocycles. The number of hydrogen-bond donors (Lipinski definition) is 3. The Morgan fingerprint density at radius 3 is 2.30 bits per heavy atom. The number of fused-ring (bicyclic) bond motifs is 1. The Morgan fingerprint density at radius 1 is 1.00 bits per heavy atom. The second-order valence-electron chi connectivity index (χ2n) is 8.01. The minimum absolute atomic E-state index is 0.102. The molecule has 2 heterocycles. The molecule has 168 valence electrons. The fourth-order valence-corrected chi connectivity index (χ4v) is 3.99. The Balaban J connectivity index is 1.54. The molecule has 0 aliphatic carbocycles. The normalized spacial score (nSPS) is 16.0. The van der Waals surface area contributed by atoms with Gasteiger partial charge >= 0.3 is 5.97 Å². The lowest BCUT2D eigenvalue weighted by molar-refractivity contribution is -0.0366. The van der Waals surface area contributed by atoms with Gasteiger partial charge in [0.2, 0.25) is 0 Å². The molecule has 5 rings (SSSR count). The van der Waals surface area contributed by atoms with Gasteiger partial charge < -0.3 is 20.5 Å². The predicted molar refractivity (Wildman–Crippen MR) is 125 cm³/mol. The third-order valence-electron chi connectivity index (χ3n) is 5.70. The molecule has 0 saturated carbocycles. The minimum Gasteiger partial charge on any atom is -0.478 e. The molecule has 0 radical (unpaired) electrons. The van der Waals surface area contributed by atoms with E-state index in [2.05, 4.69) is 15.7 Å². The number of carboxylic acids is 1. The molecule has 3 N–H and O–H groups in total. The van der Waals surface area contributed by atoms with Gasteiger partial charge in [-0.3, -0.25) is 0 Å². The summed E-state index contributed by atoms with van der Waals surface area (Å²) in [6, 6.07) is 16.7. The van der Waals surface area contributed by atoms with E-state index >= 15 is 0 Å². The Labute approximate surface area is 189 Å². The van der Waals surface area contributed by atoms with Crippen LogP contribution in [0.25, 0.3) is 10.9 Å². The summed E-state index contributed by atoms with van der Waals surface area (Å²) in [4.78, 5) is 11.2. The Hall–Kier alpha value is -3.91. The molecular formula is C25H23FN4O3. The molecule has 1 aliphatic heterocycles. The van der Waals surface area contributed by atoms with Crippen LogP contribution >= 0.6 is 0 Å². The first-order chi connectivity index (χ1) is 16.1. The number of ether oxygens (including phenoxy) is 1. The molecule has 0 spiro atoms. The molecule has 4 aromatic rings. The van der Waals surface area contributed by atoms with Crippen LogP contribution in [0.3, 0.4) is 0 Å². The molecule has 3 aromatic carbocycles. The standard InChI is InChI=1S/C25H23FN4O3/c26-18-6-10-20(11-7-18)28-21-13-17-15-27-30(24-3-1-2-12-33-24)23(17)14-22(21)29-19-8-4-16(5-9-19)25(31)32/h4-11,13-15,24,28-29H,1-3,12H2,(H,31,32). The first kappa shape index (κ1) is 21.0. The van der Waals surface area contributed by atoms with E-state index in [1.165, 1.54) is 12.1 Å². The number of hydrogen-bond acceptors (Lipinski definition) is 5. The molecular weight excluding hydrogens is 423 g/mol. The van der Waals surface area contributed by atoms with Crippen molar-refractivity contribution in [3.8, 4) is 0 Å². The van der Waals surface area contributed by atoms with Crippen LogP contribution in [0, 0.1) is 5.82 Å². The van der Waals surface area contributed by atoms with Gasteiger partial charge in [0.15, 0.2) is 6.23 Å². The second kappa shape index (κ2) is 8.91. The van der Waals surface area contributed by atoms with E-state index in [1.54, 1.807) is 36.4 Å². The highest BCUT2D eigenvalue weighted by Gasteiger charge is 2.20. The lowest BCUT2D eigenvalue weighted by Gasteiger charge is -2.24. The molecule has 33 heavy (non-hydrogen) atoms. The highest BCUT2D eigenvalue weighted by Crippen LogP contribution is 2.35. The van der Waals surface area contributed by atoms with Gasteiger partial charge in [-0.1, -0.05) is 0 Å². The lowest BCUT2D eigenvalue weighted by Crippen LogP contribution is -2.19. The average molecular weight is 446 g/mol. The van der Waals surface area contributed by atoms with Crippen molar-refractivity contribution >= 4 is 39.6 Å². The maximum absolute atomic E-state index is 13.4. The number of rotatable bonds is 6. The lowest BCUT2D eigenvalue weighted by atomic mass is 10.1. The quantitative estimate of drug-likeness (QED) is 0.334. The summed E-state index contributed by atoms with van der Waals surface area (Å²) >= 11 is 0. The summed E-state index contributed by atoms with van der Waals surface area (Å²) in [6.45, 7) is 0.720. The highest BCUT2D eigenvalue weighted by atomic mass is 19.1. The summed E-state index contributed by atoms with van der Waals surface area (Å²) in [6.07, 6.45) is 4.77. The van der Waals surface area contributed by atoms with Crippen LogP contribution < -0.4 is 10.6 Å². The van der Waals surface area contributed by atoms with Crippen LogP contribution in [0.2, 0.25) is 0 Å². The summed E-state index contributed by atoms with van der Waals surface area (Å²) in [5.74, 6) is -1.28. The van der Waals surface area contributed by atoms with Crippen LogP contribution in [0.4, 0.5) is 27.1 Å². The van der Waals surface area contributed by atoms with E-state index in [1.807, 2.05) is 23.0 Å². The predicted octanol–water partition coefficient (Wildman–Crippen LogP) is 6.06. The second-order valence-corrected chi connectivity index (χ2v) is 8.01. The monoisotopic (exact) mass is 446 g/mol. The maximum Gasteiger partial charge on any atom is 0.335 e. The van der Waals surface area contributed by atoms with Gasteiger partial charge in [0.05, 0.1) is 28.7 Å². The SMILES string of the molecule is O=C(O)c1ccc(Nc2cc3c(cnn3C3CCCCO3)cc2Nc2ccc(F)cc2)cc1. The van der Waals surface area contributed by atoms with Gasteiger partial charge in [-0.25, -0.2) is 13.9 Å². The van der Waals surface area contributed by atoms with Gasteiger partial charge in [0.25, 0.3) is 0 Å². The number of carbonyl (C=O) groups is 1. The largest absolute Gasteiger partial charge is 0.478 e. The maximum atomic E-state index is 13.4. The zero-order valence-corrected chi connectivity index (χ0v) is 17.8. The van der Waals surface area contributed by atoms with Crippen molar-refractivity contribution in [2.45, 2.75) is 25.5 Å². The van der Waals surface area contributed by atoms with Crippen molar-refractivity contribution < 1.29 is 19.0 Å². The topological polar surface area (TPSA) is 88.4 Å². The van der Waals surface area contributed by atoms with Crippen molar-refractivity contribution in [2.24, 2.45) is 0 Å². The Morgan fingerprint density at radius 2 is 1.67 bits per heavy atom. The van der Waals surface area contributed by atoms with Gasteiger partial charge in [0, 0.05) is 23.4 Å². The van der Waals surface area contributed by atoms with Crippen molar-refractivity contribution in [3.05, 3.63) is 78.2 Å². The average Bonchev–Trinajstić information content (AvgIpc) is 3.24. The third-order valence-corrected chi connectivity index (χ3v) is 5.70. The van der Waals surface area contributed by atoms with Crippen LogP contribution in [0.15, 0.2) is 66.9 Å². The summed E-state index contributed by atoms with van der Waals surface area (Å²) in [7, 11) is 0. The van der Waals surface area contributed by atoms with Crippen molar-refractivity contribution in [1.82, 2.24) is 9.78 Å². The van der Waals surface area contributed by atoms with E-state index in [0.717, 1.165) is 59.5 Å². The number of aromatic nitrogens is 2. The van der Waals surface area contributed by atoms with Crippen LogP contribution in [0.1, 0.15) is 35.8 Å². The number of nitrogens with one attached hydrogen (secondary N) is 2. The number of nitrogens with zero attached hydrogens (tertiary/aromatic N) is 2. The van der Waals surface area contributed by atoms with Gasteiger partial charge in [-0.15, -0.1) is 0 Å². The first-order valence-electron chi connectivity index (χ1n) is 10.8. The minimum atomic E-state index is -0.974. The summed E-state index contributed by atoms with van der Waals surface area (Å²) in [5, 5.41) is 21.4. The number of anilines is 4. The molecule has 0 amide bonds. The van der Waals surface area contributed by atoms with E-state index < -0.39 is 5.97 Å². The zero-order chi connectivity index (χ0) is 22.8. The van der Waals surface area contributed by atoms with Crippen LogP contribution in [-0.2, 0) is 4.74 Å². The number of aromatic carboxylic acids is 1. The van der Waals surface area contributed by atoms with Crippen molar-refractivity contribution in [1.29, 1.82) is 0 Å². The Bertz CT molecular complexity index is 1280. The summed E-state index contributed by atoms with van der Waals surface area (Å²) < 4.78 is 21.2. The molecule has 1 fully saturated rings. The number of benzene rings is 3. The van der Waals surface area contributed by atoms with Gasteiger partial charge in [0.1, 0.15) is 5.82 Å². The molecule has 1 atom stereocenters. The van der Waals surface area contributed by atoms with Crippen LogP contribution in [-0.4, -0.2) is 27.5 Å².